The Bertz CT molecular complexity index is 540. The van der Waals surface area contributed by atoms with Crippen LogP contribution in [0.25, 0.3) is 0 Å². The van der Waals surface area contributed by atoms with Gasteiger partial charge in [0.25, 0.3) is 0 Å². The van der Waals surface area contributed by atoms with Gasteiger partial charge in [0.1, 0.15) is 5.04 Å². The molecule has 2 unspecified atom stereocenters. The highest BCUT2D eigenvalue weighted by atomic mass is 32.2. The smallest absolute Gasteiger partial charge is 0.102 e. The number of aliphatic imine (C=N–C) groups is 1. The monoisotopic (exact) mass is 375 g/mol. The Balaban J connectivity index is 2.23. The van der Waals surface area contributed by atoms with Gasteiger partial charge in [-0.1, -0.05) is 83.1 Å². The molecule has 1 heterocycles. The molecule has 1 aliphatic carbocycles. The second-order valence-corrected chi connectivity index (χ2v) is 9.34. The van der Waals surface area contributed by atoms with Gasteiger partial charge >= 0.3 is 0 Å². The highest BCUT2D eigenvalue weighted by Crippen LogP contribution is 2.52. The van der Waals surface area contributed by atoms with Crippen LogP contribution in [0.5, 0.6) is 0 Å². The van der Waals surface area contributed by atoms with Crippen molar-refractivity contribution < 1.29 is 0 Å². The number of allylic oxidation sites excluding steroid dienone is 3. The third-order valence-electron chi connectivity index (χ3n) is 6.00. The Morgan fingerprint density at radius 1 is 1.08 bits per heavy atom. The van der Waals surface area contributed by atoms with Crippen LogP contribution in [-0.4, -0.2) is 11.6 Å². The van der Waals surface area contributed by atoms with Crippen molar-refractivity contribution in [2.75, 3.05) is 6.54 Å². The largest absolute Gasteiger partial charge is 0.278 e. The van der Waals surface area contributed by atoms with Crippen molar-refractivity contribution >= 4 is 16.8 Å². The highest BCUT2D eigenvalue weighted by molar-refractivity contribution is 8.18. The summed E-state index contributed by atoms with van der Waals surface area (Å²) in [5.41, 5.74) is 4.93. The number of hydrogen-bond acceptors (Lipinski definition) is 2. The summed E-state index contributed by atoms with van der Waals surface area (Å²) in [7, 11) is 0. The van der Waals surface area contributed by atoms with E-state index in [-0.39, 0.29) is 0 Å². The lowest BCUT2D eigenvalue weighted by atomic mass is 9.84. The van der Waals surface area contributed by atoms with E-state index in [9.17, 15) is 0 Å². The number of rotatable bonds is 11. The van der Waals surface area contributed by atoms with Gasteiger partial charge in [-0.3, -0.25) is 4.99 Å². The first-order chi connectivity index (χ1) is 12.7. The highest BCUT2D eigenvalue weighted by Gasteiger charge is 2.36. The minimum Gasteiger partial charge on any atom is -0.278 e. The van der Waals surface area contributed by atoms with Crippen molar-refractivity contribution in [2.45, 2.75) is 105 Å². The summed E-state index contributed by atoms with van der Waals surface area (Å²) >= 11 is 2.01. The Kier molecular flexibility index (Phi) is 9.53. The number of hydrogen-bond donors (Lipinski definition) is 0. The summed E-state index contributed by atoms with van der Waals surface area (Å²) in [4.78, 5) is 6.57. The van der Waals surface area contributed by atoms with Crippen LogP contribution in [0.4, 0.5) is 0 Å². The minimum atomic E-state index is 0.793. The Morgan fingerprint density at radius 2 is 1.88 bits per heavy atom. The molecule has 0 aromatic rings. The third kappa shape index (κ3) is 5.50. The van der Waals surface area contributed by atoms with Gasteiger partial charge in [0.15, 0.2) is 0 Å². The van der Waals surface area contributed by atoms with Crippen molar-refractivity contribution in [3.8, 4) is 0 Å². The van der Waals surface area contributed by atoms with E-state index >= 15 is 0 Å². The molecule has 0 aromatic heterocycles. The van der Waals surface area contributed by atoms with Crippen molar-refractivity contribution in [1.29, 1.82) is 0 Å². The zero-order chi connectivity index (χ0) is 18.9. The molecule has 0 saturated heterocycles. The van der Waals surface area contributed by atoms with Gasteiger partial charge in [0.2, 0.25) is 0 Å². The Hall–Kier alpha value is -0.500. The van der Waals surface area contributed by atoms with Crippen molar-refractivity contribution in [1.82, 2.24) is 0 Å². The molecule has 0 amide bonds. The van der Waals surface area contributed by atoms with Crippen molar-refractivity contribution in [2.24, 2.45) is 16.8 Å². The van der Waals surface area contributed by atoms with Crippen LogP contribution in [0.1, 0.15) is 105 Å². The molecular formula is C24H41NS. The molecule has 0 radical (unpaired) electrons. The predicted octanol–water partition coefficient (Wildman–Crippen LogP) is 8.32. The van der Waals surface area contributed by atoms with E-state index in [1.54, 1.807) is 21.6 Å². The van der Waals surface area contributed by atoms with E-state index in [0.717, 1.165) is 18.4 Å². The molecule has 148 valence electrons. The van der Waals surface area contributed by atoms with E-state index in [2.05, 4.69) is 34.6 Å². The van der Waals surface area contributed by atoms with Crippen LogP contribution < -0.4 is 0 Å². The van der Waals surface area contributed by atoms with Gasteiger partial charge in [0, 0.05) is 12.1 Å². The summed E-state index contributed by atoms with van der Waals surface area (Å²) < 4.78 is 0. The second-order valence-electron chi connectivity index (χ2n) is 8.25. The van der Waals surface area contributed by atoms with E-state index < -0.39 is 0 Å². The molecule has 2 rings (SSSR count). The number of nitrogens with zero attached hydrogens (tertiary/aromatic N) is 1. The SMILES string of the molecule is CCCCCC(CCC)C/C(C)=C1/C(=NCC)SC2=C1C(CCC)CC2. The van der Waals surface area contributed by atoms with Crippen LogP contribution in [0.2, 0.25) is 0 Å². The van der Waals surface area contributed by atoms with E-state index in [1.807, 2.05) is 11.8 Å². The fourth-order valence-electron chi connectivity index (χ4n) is 4.82. The van der Waals surface area contributed by atoms with Crippen LogP contribution in [0.15, 0.2) is 26.6 Å². The van der Waals surface area contributed by atoms with Crippen molar-refractivity contribution in [3.63, 3.8) is 0 Å². The molecule has 0 saturated carbocycles. The van der Waals surface area contributed by atoms with Gasteiger partial charge in [-0.25, -0.2) is 0 Å². The lowest BCUT2D eigenvalue weighted by molar-refractivity contribution is 0.420. The molecule has 26 heavy (non-hydrogen) atoms. The lowest BCUT2D eigenvalue weighted by Gasteiger charge is -2.21. The maximum atomic E-state index is 4.91. The molecule has 0 spiro atoms. The van der Waals surface area contributed by atoms with E-state index in [0.29, 0.717) is 0 Å². The molecule has 0 aromatic carbocycles. The zero-order valence-electron chi connectivity index (χ0n) is 18.0. The summed E-state index contributed by atoms with van der Waals surface area (Å²) in [6, 6.07) is 0. The first-order valence-electron chi connectivity index (χ1n) is 11.3. The molecule has 0 fully saturated rings. The third-order valence-corrected chi connectivity index (χ3v) is 7.20. The normalized spacial score (nSPS) is 24.5. The van der Waals surface area contributed by atoms with Gasteiger partial charge < -0.3 is 0 Å². The summed E-state index contributed by atoms with van der Waals surface area (Å²) in [6.45, 7) is 12.5. The van der Waals surface area contributed by atoms with E-state index in [1.165, 1.54) is 75.7 Å². The van der Waals surface area contributed by atoms with Crippen LogP contribution in [0, 0.1) is 11.8 Å². The maximum Gasteiger partial charge on any atom is 0.102 e. The Labute approximate surface area is 167 Å². The average Bonchev–Trinajstić information content (AvgIpc) is 3.15. The number of thioether (sulfide) groups is 1. The second kappa shape index (κ2) is 11.4. The molecule has 2 aliphatic rings. The molecule has 1 aliphatic heterocycles. The van der Waals surface area contributed by atoms with Crippen LogP contribution in [0.3, 0.4) is 0 Å². The zero-order valence-corrected chi connectivity index (χ0v) is 18.8. The molecule has 0 bridgehead atoms. The summed E-state index contributed by atoms with van der Waals surface area (Å²) in [5.74, 6) is 1.66. The summed E-state index contributed by atoms with van der Waals surface area (Å²) in [6.07, 6.45) is 14.8. The van der Waals surface area contributed by atoms with Gasteiger partial charge in [-0.15, -0.1) is 0 Å². The minimum absolute atomic E-state index is 0.793. The maximum absolute atomic E-state index is 4.91. The van der Waals surface area contributed by atoms with E-state index in [4.69, 9.17) is 4.99 Å². The van der Waals surface area contributed by atoms with Crippen LogP contribution in [-0.2, 0) is 0 Å². The molecule has 1 nitrogen and oxygen atoms in total. The lowest BCUT2D eigenvalue weighted by Crippen LogP contribution is -2.10. The topological polar surface area (TPSA) is 12.4 Å². The first kappa shape index (κ1) is 21.8. The molecule has 2 heteroatoms. The Morgan fingerprint density at radius 3 is 2.54 bits per heavy atom. The van der Waals surface area contributed by atoms with Gasteiger partial charge in [-0.2, -0.15) is 0 Å². The molecule has 2 atom stereocenters. The first-order valence-corrected chi connectivity index (χ1v) is 12.1. The molecular weight excluding hydrogens is 334 g/mol. The fraction of sp³-hybridized carbons (Fsp3) is 0.792. The summed E-state index contributed by atoms with van der Waals surface area (Å²) in [5, 5.41) is 1.35. The van der Waals surface area contributed by atoms with Crippen molar-refractivity contribution in [3.05, 3.63) is 21.6 Å². The van der Waals surface area contributed by atoms with Gasteiger partial charge in [0.05, 0.1) is 0 Å². The average molecular weight is 376 g/mol. The predicted molar refractivity (Wildman–Crippen MR) is 120 cm³/mol. The molecule has 0 N–H and O–H groups in total. The number of unbranched alkanes of at least 4 members (excludes halogenated alkanes) is 2. The fourth-order valence-corrected chi connectivity index (χ4v) is 6.24. The standard InChI is InChI=1S/C24H41NS/c1-6-10-11-14-19(12-7-2)17-18(5)22-23-20(13-8-3)15-16-21(23)26-24(22)25-9-4/h19-20H,6-17H2,1-5H3/b22-18+,25-24?. The van der Waals surface area contributed by atoms with Gasteiger partial charge in [-0.05, 0) is 61.8 Å². The van der Waals surface area contributed by atoms with Crippen LogP contribution >= 0.6 is 11.8 Å². The quantitative estimate of drug-likeness (QED) is 0.331.